The van der Waals surface area contributed by atoms with Gasteiger partial charge < -0.3 is 15.3 Å². The average Bonchev–Trinajstić information content (AvgIpc) is 2.32. The minimum absolute atomic E-state index is 0.129. The van der Waals surface area contributed by atoms with E-state index in [0.717, 1.165) is 9.37 Å². The Bertz CT molecular complexity index is 508. The molecule has 0 spiro atoms. The van der Waals surface area contributed by atoms with Gasteiger partial charge in [0.2, 0.25) is 0 Å². The number of carbonyl (C=O) groups is 2. The van der Waals surface area contributed by atoms with E-state index in [1.54, 1.807) is 18.2 Å². The normalized spacial score (nSPS) is 9.79. The molecule has 19 heavy (non-hydrogen) atoms. The highest BCUT2D eigenvalue weighted by Gasteiger charge is 2.16. The van der Waals surface area contributed by atoms with Gasteiger partial charge in [0.25, 0.3) is 0 Å². The average molecular weight is 348 g/mol. The second-order valence-electron chi connectivity index (χ2n) is 3.62. The fourth-order valence-corrected chi connectivity index (χ4v) is 1.85. The van der Waals surface area contributed by atoms with E-state index in [0.29, 0.717) is 10.7 Å². The Morgan fingerprint density at radius 1 is 1.53 bits per heavy atom. The summed E-state index contributed by atoms with van der Waals surface area (Å²) in [5, 5.41) is 11.7. The molecular weight excluding hydrogens is 336 g/mol. The maximum atomic E-state index is 11.9. The zero-order valence-corrected chi connectivity index (χ0v) is 12.2. The standard InChI is InChI=1S/C12H12BrClN2O3/c1-2-5-16(7-11(17)18)12(19)15-10-6-8(13)3-4-9(10)14/h2-4,6H,1,5,7H2,(H,15,19)(H,17,18). The number of halogens is 2. The molecule has 0 aliphatic carbocycles. The van der Waals surface area contributed by atoms with Crippen molar-refractivity contribution in [2.45, 2.75) is 0 Å². The van der Waals surface area contributed by atoms with Crippen molar-refractivity contribution in [2.24, 2.45) is 0 Å². The first kappa shape index (κ1) is 15.5. The van der Waals surface area contributed by atoms with Crippen molar-refractivity contribution in [2.75, 3.05) is 18.4 Å². The number of nitrogens with zero attached hydrogens (tertiary/aromatic N) is 1. The molecule has 0 atom stereocenters. The maximum absolute atomic E-state index is 11.9. The van der Waals surface area contributed by atoms with Gasteiger partial charge in [-0.1, -0.05) is 33.6 Å². The van der Waals surface area contributed by atoms with Crippen LogP contribution in [0.5, 0.6) is 0 Å². The lowest BCUT2D eigenvalue weighted by Crippen LogP contribution is -2.38. The molecule has 2 amide bonds. The SMILES string of the molecule is C=CCN(CC(=O)O)C(=O)Nc1cc(Br)ccc1Cl. The number of benzene rings is 1. The Morgan fingerprint density at radius 3 is 2.79 bits per heavy atom. The molecule has 0 saturated carbocycles. The highest BCUT2D eigenvalue weighted by molar-refractivity contribution is 9.10. The fraction of sp³-hybridized carbons (Fsp3) is 0.167. The zero-order valence-electron chi connectivity index (χ0n) is 9.90. The van der Waals surface area contributed by atoms with E-state index in [2.05, 4.69) is 27.8 Å². The molecule has 0 bridgehead atoms. The van der Waals surface area contributed by atoms with Gasteiger partial charge in [0, 0.05) is 11.0 Å². The lowest BCUT2D eigenvalue weighted by Gasteiger charge is -2.20. The summed E-state index contributed by atoms with van der Waals surface area (Å²) in [6.45, 7) is 3.20. The highest BCUT2D eigenvalue weighted by Crippen LogP contribution is 2.25. The number of rotatable bonds is 5. The molecule has 1 aromatic rings. The molecular formula is C12H12BrClN2O3. The predicted molar refractivity (Wildman–Crippen MR) is 77.6 cm³/mol. The number of hydrogen-bond donors (Lipinski definition) is 2. The van der Waals surface area contributed by atoms with Crippen LogP contribution in [0.15, 0.2) is 35.3 Å². The largest absolute Gasteiger partial charge is 0.480 e. The molecule has 7 heteroatoms. The van der Waals surface area contributed by atoms with Gasteiger partial charge in [0.15, 0.2) is 0 Å². The number of nitrogens with one attached hydrogen (secondary N) is 1. The van der Waals surface area contributed by atoms with Gasteiger partial charge in [-0.3, -0.25) is 4.79 Å². The van der Waals surface area contributed by atoms with Crippen LogP contribution in [-0.4, -0.2) is 35.1 Å². The van der Waals surface area contributed by atoms with Crippen molar-refractivity contribution in [3.8, 4) is 0 Å². The number of carboxylic acid groups (broad SMARTS) is 1. The second kappa shape index (κ2) is 7.16. The van der Waals surface area contributed by atoms with Crippen LogP contribution in [-0.2, 0) is 4.79 Å². The minimum Gasteiger partial charge on any atom is -0.480 e. The fourth-order valence-electron chi connectivity index (χ4n) is 1.33. The topological polar surface area (TPSA) is 69.6 Å². The van der Waals surface area contributed by atoms with E-state index < -0.39 is 18.5 Å². The van der Waals surface area contributed by atoms with Gasteiger partial charge in [0.05, 0.1) is 10.7 Å². The molecule has 0 aliphatic heterocycles. The van der Waals surface area contributed by atoms with Crippen molar-refractivity contribution in [1.29, 1.82) is 0 Å². The van der Waals surface area contributed by atoms with E-state index in [4.69, 9.17) is 16.7 Å². The first-order chi connectivity index (χ1) is 8.93. The number of hydrogen-bond acceptors (Lipinski definition) is 2. The monoisotopic (exact) mass is 346 g/mol. The van der Waals surface area contributed by atoms with Gasteiger partial charge in [-0.25, -0.2) is 4.79 Å². The first-order valence-corrected chi connectivity index (χ1v) is 6.44. The van der Waals surface area contributed by atoms with Crippen molar-refractivity contribution < 1.29 is 14.7 Å². The van der Waals surface area contributed by atoms with Crippen molar-refractivity contribution in [1.82, 2.24) is 4.90 Å². The van der Waals surface area contributed by atoms with Gasteiger partial charge in [-0.15, -0.1) is 6.58 Å². The van der Waals surface area contributed by atoms with Crippen LogP contribution < -0.4 is 5.32 Å². The van der Waals surface area contributed by atoms with Crippen LogP contribution in [0.3, 0.4) is 0 Å². The molecule has 5 nitrogen and oxygen atoms in total. The lowest BCUT2D eigenvalue weighted by atomic mass is 10.3. The number of carboxylic acids is 1. The molecule has 2 N–H and O–H groups in total. The Labute approximate surface area is 124 Å². The molecule has 102 valence electrons. The molecule has 0 unspecified atom stereocenters. The van der Waals surface area contributed by atoms with Crippen LogP contribution in [0.2, 0.25) is 5.02 Å². The van der Waals surface area contributed by atoms with E-state index in [9.17, 15) is 9.59 Å². The number of carbonyl (C=O) groups excluding carboxylic acids is 1. The molecule has 0 heterocycles. The van der Waals surface area contributed by atoms with E-state index in [1.807, 2.05) is 0 Å². The quantitative estimate of drug-likeness (QED) is 0.804. The third-order valence-electron chi connectivity index (χ3n) is 2.13. The molecule has 0 saturated heterocycles. The zero-order chi connectivity index (χ0) is 14.4. The maximum Gasteiger partial charge on any atom is 0.323 e. The minimum atomic E-state index is -1.10. The summed E-state index contributed by atoms with van der Waals surface area (Å²) in [6, 6.07) is 4.43. The highest BCUT2D eigenvalue weighted by atomic mass is 79.9. The Hall–Kier alpha value is -1.53. The van der Waals surface area contributed by atoms with Crippen LogP contribution >= 0.6 is 27.5 Å². The summed E-state index contributed by atoms with van der Waals surface area (Å²) in [6.07, 6.45) is 1.45. The molecule has 0 radical (unpaired) electrons. The van der Waals surface area contributed by atoms with E-state index >= 15 is 0 Å². The number of urea groups is 1. The summed E-state index contributed by atoms with van der Waals surface area (Å²) in [5.41, 5.74) is 0.403. The smallest absolute Gasteiger partial charge is 0.323 e. The van der Waals surface area contributed by atoms with Crippen LogP contribution in [0.4, 0.5) is 10.5 Å². The molecule has 0 aliphatic rings. The second-order valence-corrected chi connectivity index (χ2v) is 4.94. The van der Waals surface area contributed by atoms with Gasteiger partial charge in [-0.05, 0) is 18.2 Å². The molecule has 0 aromatic heterocycles. The molecule has 0 fully saturated rings. The van der Waals surface area contributed by atoms with Crippen LogP contribution in [0.1, 0.15) is 0 Å². The third-order valence-corrected chi connectivity index (χ3v) is 2.96. The lowest BCUT2D eigenvalue weighted by molar-refractivity contribution is -0.137. The molecule has 1 rings (SSSR count). The Kier molecular flexibility index (Phi) is 5.85. The van der Waals surface area contributed by atoms with Gasteiger partial charge >= 0.3 is 12.0 Å². The number of anilines is 1. The summed E-state index contributed by atoms with van der Waals surface area (Å²) in [7, 11) is 0. The summed E-state index contributed by atoms with van der Waals surface area (Å²) in [5.74, 6) is -1.10. The summed E-state index contributed by atoms with van der Waals surface area (Å²) >= 11 is 9.20. The Balaban J connectivity index is 2.83. The van der Waals surface area contributed by atoms with Crippen molar-refractivity contribution >= 4 is 45.2 Å². The van der Waals surface area contributed by atoms with Crippen LogP contribution in [0, 0.1) is 0 Å². The third kappa shape index (κ3) is 4.92. The van der Waals surface area contributed by atoms with E-state index in [1.165, 1.54) is 6.08 Å². The molecule has 1 aromatic carbocycles. The van der Waals surface area contributed by atoms with Crippen molar-refractivity contribution in [3.63, 3.8) is 0 Å². The number of amides is 2. The Morgan fingerprint density at radius 2 is 2.21 bits per heavy atom. The summed E-state index contributed by atoms with van der Waals surface area (Å²) < 4.78 is 0.751. The number of aliphatic carboxylic acids is 1. The van der Waals surface area contributed by atoms with Gasteiger partial charge in [0.1, 0.15) is 6.54 Å². The van der Waals surface area contributed by atoms with Crippen molar-refractivity contribution in [3.05, 3.63) is 40.3 Å². The van der Waals surface area contributed by atoms with Gasteiger partial charge in [-0.2, -0.15) is 0 Å². The van der Waals surface area contributed by atoms with Crippen LogP contribution in [0.25, 0.3) is 0 Å². The summed E-state index contributed by atoms with van der Waals surface area (Å²) in [4.78, 5) is 23.7. The predicted octanol–water partition coefficient (Wildman–Crippen LogP) is 3.21. The first-order valence-electron chi connectivity index (χ1n) is 5.27. The van der Waals surface area contributed by atoms with E-state index in [-0.39, 0.29) is 6.54 Å².